The van der Waals surface area contributed by atoms with Crippen LogP contribution >= 0.6 is 0 Å². The van der Waals surface area contributed by atoms with E-state index in [1.165, 1.54) is 0 Å². The lowest BCUT2D eigenvalue weighted by molar-refractivity contribution is -0.115. The van der Waals surface area contributed by atoms with E-state index in [0.29, 0.717) is 24.3 Å². The van der Waals surface area contributed by atoms with Crippen molar-refractivity contribution in [2.45, 2.75) is 25.9 Å². The Morgan fingerprint density at radius 2 is 2.23 bits per heavy atom. The predicted molar refractivity (Wildman–Crippen MR) is 84.9 cm³/mol. The lowest BCUT2D eigenvalue weighted by Crippen LogP contribution is -2.33. The van der Waals surface area contributed by atoms with Crippen LogP contribution in [0.15, 0.2) is 24.3 Å². The van der Waals surface area contributed by atoms with Crippen molar-refractivity contribution in [2.75, 3.05) is 31.6 Å². The third-order valence-corrected chi connectivity index (χ3v) is 3.43. The fourth-order valence-corrected chi connectivity index (χ4v) is 2.36. The van der Waals surface area contributed by atoms with Crippen molar-refractivity contribution in [3.8, 4) is 0 Å². The van der Waals surface area contributed by atoms with Crippen LogP contribution in [0.4, 0.5) is 5.69 Å². The molecule has 2 rings (SSSR count). The van der Waals surface area contributed by atoms with Crippen molar-refractivity contribution < 1.29 is 14.3 Å². The van der Waals surface area contributed by atoms with Gasteiger partial charge in [0.2, 0.25) is 5.91 Å². The monoisotopic (exact) mass is 305 g/mol. The number of benzene rings is 1. The van der Waals surface area contributed by atoms with Gasteiger partial charge in [0, 0.05) is 30.9 Å². The molecule has 22 heavy (non-hydrogen) atoms. The summed E-state index contributed by atoms with van der Waals surface area (Å²) in [4.78, 5) is 23.6. The van der Waals surface area contributed by atoms with E-state index in [2.05, 4.69) is 16.0 Å². The van der Waals surface area contributed by atoms with Gasteiger partial charge in [-0.05, 0) is 38.0 Å². The molecule has 1 aromatic carbocycles. The summed E-state index contributed by atoms with van der Waals surface area (Å²) in [6.07, 6.45) is 2.35. The molecule has 0 aliphatic carbocycles. The summed E-state index contributed by atoms with van der Waals surface area (Å²) in [7, 11) is 0. The van der Waals surface area contributed by atoms with Crippen molar-refractivity contribution in [3.05, 3.63) is 29.8 Å². The second-order valence-corrected chi connectivity index (χ2v) is 5.25. The van der Waals surface area contributed by atoms with E-state index in [9.17, 15) is 9.59 Å². The standard InChI is InChI=1S/C16H23N3O3/c1-2-18-16(21)12-5-3-6-13(9-12)19-15(20)11-17-10-14-7-4-8-22-14/h3,5-6,9,14,17H,2,4,7-8,10-11H2,1H3,(H,18,21)(H,19,20). The SMILES string of the molecule is CCNC(=O)c1cccc(NC(=O)CNCC2CCCO2)c1. The van der Waals surface area contributed by atoms with E-state index in [1.54, 1.807) is 24.3 Å². The molecule has 1 aliphatic heterocycles. The summed E-state index contributed by atoms with van der Waals surface area (Å²) in [6.45, 7) is 4.16. The van der Waals surface area contributed by atoms with Crippen LogP contribution in [-0.2, 0) is 9.53 Å². The summed E-state index contributed by atoms with van der Waals surface area (Å²) >= 11 is 0. The number of carbonyl (C=O) groups is 2. The van der Waals surface area contributed by atoms with Crippen molar-refractivity contribution in [2.24, 2.45) is 0 Å². The zero-order valence-electron chi connectivity index (χ0n) is 12.9. The molecule has 0 radical (unpaired) electrons. The minimum absolute atomic E-state index is 0.133. The third kappa shape index (κ3) is 5.13. The smallest absolute Gasteiger partial charge is 0.251 e. The van der Waals surface area contributed by atoms with Crippen LogP contribution in [0.2, 0.25) is 0 Å². The summed E-state index contributed by atoms with van der Waals surface area (Å²) in [5, 5.41) is 8.60. The van der Waals surface area contributed by atoms with Crippen molar-refractivity contribution >= 4 is 17.5 Å². The van der Waals surface area contributed by atoms with Gasteiger partial charge < -0.3 is 20.7 Å². The first-order chi connectivity index (χ1) is 10.7. The van der Waals surface area contributed by atoms with Gasteiger partial charge in [-0.2, -0.15) is 0 Å². The normalized spacial score (nSPS) is 17.2. The lowest BCUT2D eigenvalue weighted by Gasteiger charge is -2.11. The van der Waals surface area contributed by atoms with Crippen LogP contribution in [0.1, 0.15) is 30.1 Å². The molecule has 1 heterocycles. The zero-order chi connectivity index (χ0) is 15.8. The number of amides is 2. The van der Waals surface area contributed by atoms with Gasteiger partial charge in [-0.25, -0.2) is 0 Å². The highest BCUT2D eigenvalue weighted by atomic mass is 16.5. The average Bonchev–Trinajstić information content (AvgIpc) is 3.01. The van der Waals surface area contributed by atoms with Gasteiger partial charge in [-0.3, -0.25) is 9.59 Å². The van der Waals surface area contributed by atoms with Crippen molar-refractivity contribution in [1.82, 2.24) is 10.6 Å². The highest BCUT2D eigenvalue weighted by Crippen LogP contribution is 2.11. The molecular formula is C16H23N3O3. The van der Waals surface area contributed by atoms with Gasteiger partial charge in [-0.15, -0.1) is 0 Å². The molecule has 0 spiro atoms. The molecule has 6 nitrogen and oxygen atoms in total. The Bertz CT molecular complexity index is 513. The Kier molecular flexibility index (Phi) is 6.36. The predicted octanol–water partition coefficient (Wildman–Crippen LogP) is 1.14. The Balaban J connectivity index is 1.78. The maximum atomic E-state index is 11.9. The fraction of sp³-hybridized carbons (Fsp3) is 0.500. The molecule has 2 amide bonds. The van der Waals surface area contributed by atoms with Gasteiger partial charge >= 0.3 is 0 Å². The number of nitrogens with one attached hydrogen (secondary N) is 3. The highest BCUT2D eigenvalue weighted by Gasteiger charge is 2.15. The Morgan fingerprint density at radius 3 is 2.95 bits per heavy atom. The first kappa shape index (κ1) is 16.5. The molecule has 0 aromatic heterocycles. The summed E-state index contributed by atoms with van der Waals surface area (Å²) in [6, 6.07) is 6.90. The molecule has 0 saturated carbocycles. The Hall–Kier alpha value is -1.92. The molecule has 120 valence electrons. The second-order valence-electron chi connectivity index (χ2n) is 5.25. The van der Waals surface area contributed by atoms with Crippen LogP contribution in [0.3, 0.4) is 0 Å². The maximum Gasteiger partial charge on any atom is 0.251 e. The molecule has 1 fully saturated rings. The number of rotatable bonds is 7. The Morgan fingerprint density at radius 1 is 1.36 bits per heavy atom. The largest absolute Gasteiger partial charge is 0.377 e. The van der Waals surface area contributed by atoms with E-state index in [0.717, 1.165) is 19.4 Å². The Labute approximate surface area is 130 Å². The van der Waals surface area contributed by atoms with E-state index in [1.807, 2.05) is 6.92 Å². The van der Waals surface area contributed by atoms with Crippen LogP contribution in [0.5, 0.6) is 0 Å². The molecule has 1 aliphatic rings. The zero-order valence-corrected chi connectivity index (χ0v) is 12.9. The molecule has 3 N–H and O–H groups in total. The number of carbonyl (C=O) groups excluding carboxylic acids is 2. The lowest BCUT2D eigenvalue weighted by atomic mass is 10.2. The number of hydrogen-bond acceptors (Lipinski definition) is 4. The summed E-state index contributed by atoms with van der Waals surface area (Å²) < 4.78 is 5.48. The van der Waals surface area contributed by atoms with E-state index < -0.39 is 0 Å². The van der Waals surface area contributed by atoms with Crippen LogP contribution in [-0.4, -0.2) is 44.2 Å². The highest BCUT2D eigenvalue weighted by molar-refractivity contribution is 5.97. The van der Waals surface area contributed by atoms with Gasteiger partial charge in [0.05, 0.1) is 12.6 Å². The molecule has 1 saturated heterocycles. The minimum Gasteiger partial charge on any atom is -0.377 e. The van der Waals surface area contributed by atoms with Crippen LogP contribution < -0.4 is 16.0 Å². The van der Waals surface area contributed by atoms with Gasteiger partial charge in [-0.1, -0.05) is 6.07 Å². The van der Waals surface area contributed by atoms with Crippen molar-refractivity contribution in [1.29, 1.82) is 0 Å². The van der Waals surface area contributed by atoms with Gasteiger partial charge in [0.25, 0.3) is 5.91 Å². The molecule has 1 atom stereocenters. The minimum atomic E-state index is -0.143. The molecule has 1 unspecified atom stereocenters. The maximum absolute atomic E-state index is 11.9. The van der Waals surface area contributed by atoms with E-state index in [-0.39, 0.29) is 24.5 Å². The molecule has 0 bridgehead atoms. The number of ether oxygens (including phenoxy) is 1. The van der Waals surface area contributed by atoms with Gasteiger partial charge in [0.1, 0.15) is 0 Å². The third-order valence-electron chi connectivity index (χ3n) is 3.43. The molecular weight excluding hydrogens is 282 g/mol. The molecule has 6 heteroatoms. The number of hydrogen-bond donors (Lipinski definition) is 3. The van der Waals surface area contributed by atoms with Crippen molar-refractivity contribution in [3.63, 3.8) is 0 Å². The first-order valence-electron chi connectivity index (χ1n) is 7.69. The first-order valence-corrected chi connectivity index (χ1v) is 7.69. The summed E-state index contributed by atoms with van der Waals surface area (Å²) in [5.74, 6) is -0.277. The van der Waals surface area contributed by atoms with Crippen LogP contribution in [0.25, 0.3) is 0 Å². The summed E-state index contributed by atoms with van der Waals surface area (Å²) in [5.41, 5.74) is 1.15. The van der Waals surface area contributed by atoms with E-state index in [4.69, 9.17) is 4.74 Å². The fourth-order valence-electron chi connectivity index (χ4n) is 2.36. The van der Waals surface area contributed by atoms with Crippen LogP contribution in [0, 0.1) is 0 Å². The second kappa shape index (κ2) is 8.51. The van der Waals surface area contributed by atoms with Gasteiger partial charge in [0.15, 0.2) is 0 Å². The average molecular weight is 305 g/mol. The number of anilines is 1. The topological polar surface area (TPSA) is 79.5 Å². The van der Waals surface area contributed by atoms with E-state index >= 15 is 0 Å². The molecule has 1 aromatic rings. The quantitative estimate of drug-likeness (QED) is 0.706.